The third-order valence-electron chi connectivity index (χ3n) is 2.81. The maximum Gasteiger partial charge on any atom is 0.0595 e. The minimum absolute atomic E-state index is 0.559. The molecule has 0 saturated carbocycles. The summed E-state index contributed by atoms with van der Waals surface area (Å²) in [6.45, 7) is 2.95. The minimum atomic E-state index is 0.559. The van der Waals surface area contributed by atoms with Gasteiger partial charge in [0.05, 0.1) is 10.0 Å². The molecule has 0 bridgehead atoms. The van der Waals surface area contributed by atoms with Crippen molar-refractivity contribution in [2.24, 2.45) is 5.73 Å². The number of halogens is 2. The second kappa shape index (κ2) is 7.16. The van der Waals surface area contributed by atoms with Crippen molar-refractivity contribution in [2.45, 2.75) is 38.5 Å². The molecule has 0 aliphatic rings. The Balaban J connectivity index is 2.78. The zero-order valence-electron chi connectivity index (χ0n) is 9.68. The van der Waals surface area contributed by atoms with Crippen LogP contribution in [0.25, 0.3) is 0 Å². The Morgan fingerprint density at radius 1 is 1.19 bits per heavy atom. The van der Waals surface area contributed by atoms with Crippen LogP contribution in [-0.2, 0) is 0 Å². The highest BCUT2D eigenvalue weighted by atomic mass is 35.5. The quantitative estimate of drug-likeness (QED) is 0.793. The van der Waals surface area contributed by atoms with Gasteiger partial charge in [-0.25, -0.2) is 0 Å². The molecule has 0 heterocycles. The van der Waals surface area contributed by atoms with Gasteiger partial charge in [0, 0.05) is 0 Å². The molecule has 1 nitrogen and oxygen atoms in total. The van der Waals surface area contributed by atoms with Crippen molar-refractivity contribution in [2.75, 3.05) is 6.54 Å². The van der Waals surface area contributed by atoms with Gasteiger partial charge in [0.2, 0.25) is 0 Å². The topological polar surface area (TPSA) is 26.0 Å². The summed E-state index contributed by atoms with van der Waals surface area (Å²) < 4.78 is 0. The van der Waals surface area contributed by atoms with Gasteiger partial charge < -0.3 is 5.73 Å². The molecule has 1 atom stereocenters. The van der Waals surface area contributed by atoms with Gasteiger partial charge in [0.25, 0.3) is 0 Å². The molecule has 16 heavy (non-hydrogen) atoms. The summed E-state index contributed by atoms with van der Waals surface area (Å²) >= 11 is 12.0. The molecule has 90 valence electrons. The van der Waals surface area contributed by atoms with Crippen molar-refractivity contribution in [1.82, 2.24) is 0 Å². The van der Waals surface area contributed by atoms with Crippen molar-refractivity contribution >= 4 is 23.2 Å². The highest BCUT2D eigenvalue weighted by molar-refractivity contribution is 6.42. The summed E-state index contributed by atoms with van der Waals surface area (Å²) in [6.07, 6.45) is 4.54. The van der Waals surface area contributed by atoms with E-state index in [-0.39, 0.29) is 0 Å². The maximum absolute atomic E-state index is 6.04. The van der Waals surface area contributed by atoms with Gasteiger partial charge in [0.1, 0.15) is 0 Å². The van der Waals surface area contributed by atoms with Crippen molar-refractivity contribution in [3.63, 3.8) is 0 Å². The highest BCUT2D eigenvalue weighted by Crippen LogP contribution is 2.31. The molecule has 0 fully saturated rings. The Morgan fingerprint density at radius 3 is 2.50 bits per heavy atom. The molecule has 0 radical (unpaired) electrons. The molecule has 0 saturated heterocycles. The van der Waals surface area contributed by atoms with E-state index in [0.29, 0.717) is 16.0 Å². The molecule has 1 unspecified atom stereocenters. The fourth-order valence-corrected chi connectivity index (χ4v) is 2.26. The first-order chi connectivity index (χ1) is 7.69. The van der Waals surface area contributed by atoms with Crippen molar-refractivity contribution in [1.29, 1.82) is 0 Å². The first-order valence-electron chi connectivity index (χ1n) is 5.84. The molecule has 0 amide bonds. The van der Waals surface area contributed by atoms with Gasteiger partial charge in [-0.2, -0.15) is 0 Å². The van der Waals surface area contributed by atoms with E-state index in [9.17, 15) is 0 Å². The molecule has 1 aromatic carbocycles. The number of hydrogen-bond acceptors (Lipinski definition) is 1. The Morgan fingerprint density at radius 2 is 1.94 bits per heavy atom. The number of hydrogen-bond donors (Lipinski definition) is 1. The van der Waals surface area contributed by atoms with Crippen LogP contribution in [0.3, 0.4) is 0 Å². The molecule has 0 spiro atoms. The fraction of sp³-hybridized carbons (Fsp3) is 0.538. The fourth-order valence-electron chi connectivity index (χ4n) is 1.96. The van der Waals surface area contributed by atoms with Gasteiger partial charge in [0.15, 0.2) is 0 Å². The summed E-state index contributed by atoms with van der Waals surface area (Å²) in [4.78, 5) is 0. The van der Waals surface area contributed by atoms with Crippen molar-refractivity contribution in [3.8, 4) is 0 Å². The minimum Gasteiger partial charge on any atom is -0.330 e. The SMILES string of the molecule is CCCC(CCCN)c1ccc(Cl)c(Cl)c1. The van der Waals surface area contributed by atoms with Crippen LogP contribution in [0.1, 0.15) is 44.1 Å². The average molecular weight is 260 g/mol. The van der Waals surface area contributed by atoms with E-state index >= 15 is 0 Å². The van der Waals surface area contributed by atoms with Gasteiger partial charge >= 0.3 is 0 Å². The maximum atomic E-state index is 6.04. The van der Waals surface area contributed by atoms with E-state index in [4.69, 9.17) is 28.9 Å². The van der Waals surface area contributed by atoms with Crippen LogP contribution in [0.4, 0.5) is 0 Å². The molecular formula is C13H19Cl2N. The number of nitrogens with two attached hydrogens (primary N) is 1. The van der Waals surface area contributed by atoms with Gasteiger partial charge in [-0.05, 0) is 49.4 Å². The van der Waals surface area contributed by atoms with Crippen LogP contribution in [0, 0.1) is 0 Å². The summed E-state index contributed by atoms with van der Waals surface area (Å²) in [5.41, 5.74) is 6.84. The van der Waals surface area contributed by atoms with Crippen LogP contribution in [0.2, 0.25) is 10.0 Å². The molecule has 0 aromatic heterocycles. The predicted molar refractivity (Wildman–Crippen MR) is 72.4 cm³/mol. The second-order valence-electron chi connectivity index (χ2n) is 4.09. The Hall–Kier alpha value is -0.240. The Kier molecular flexibility index (Phi) is 6.18. The van der Waals surface area contributed by atoms with Gasteiger partial charge in [-0.1, -0.05) is 42.6 Å². The molecule has 2 N–H and O–H groups in total. The molecule has 1 rings (SSSR count). The number of rotatable bonds is 6. The number of benzene rings is 1. The lowest BCUT2D eigenvalue weighted by Crippen LogP contribution is -2.04. The summed E-state index contributed by atoms with van der Waals surface area (Å²) in [5.74, 6) is 0.559. The lowest BCUT2D eigenvalue weighted by molar-refractivity contribution is 0.550. The van der Waals surface area contributed by atoms with E-state index in [1.54, 1.807) is 0 Å². The van der Waals surface area contributed by atoms with E-state index in [0.717, 1.165) is 19.4 Å². The van der Waals surface area contributed by atoms with Crippen LogP contribution < -0.4 is 5.73 Å². The lowest BCUT2D eigenvalue weighted by atomic mass is 9.90. The summed E-state index contributed by atoms with van der Waals surface area (Å²) in [7, 11) is 0. The third-order valence-corrected chi connectivity index (χ3v) is 3.55. The molecule has 1 aromatic rings. The Labute approximate surface area is 108 Å². The monoisotopic (exact) mass is 259 g/mol. The first kappa shape index (κ1) is 13.8. The van der Waals surface area contributed by atoms with Crippen molar-refractivity contribution < 1.29 is 0 Å². The average Bonchev–Trinajstić information content (AvgIpc) is 2.28. The standard InChI is InChI=1S/C13H19Cl2N/c1-2-4-10(5-3-8-16)11-6-7-12(14)13(15)9-11/h6-7,9-10H,2-5,8,16H2,1H3. The van der Waals surface area contributed by atoms with Gasteiger partial charge in [-0.3, -0.25) is 0 Å². The van der Waals surface area contributed by atoms with Crippen LogP contribution >= 0.6 is 23.2 Å². The molecular weight excluding hydrogens is 241 g/mol. The van der Waals surface area contributed by atoms with Crippen LogP contribution in [-0.4, -0.2) is 6.54 Å². The molecule has 0 aliphatic heterocycles. The Bertz CT molecular complexity index is 326. The van der Waals surface area contributed by atoms with E-state index in [2.05, 4.69) is 13.0 Å². The van der Waals surface area contributed by atoms with Crippen molar-refractivity contribution in [3.05, 3.63) is 33.8 Å². The predicted octanol–water partition coefficient (Wildman–Crippen LogP) is 4.62. The second-order valence-corrected chi connectivity index (χ2v) is 4.90. The third kappa shape index (κ3) is 3.97. The largest absolute Gasteiger partial charge is 0.330 e. The lowest BCUT2D eigenvalue weighted by Gasteiger charge is -2.16. The summed E-state index contributed by atoms with van der Waals surface area (Å²) in [6, 6.07) is 5.94. The zero-order chi connectivity index (χ0) is 12.0. The smallest absolute Gasteiger partial charge is 0.0595 e. The molecule has 3 heteroatoms. The van der Waals surface area contributed by atoms with Crippen LogP contribution in [0.5, 0.6) is 0 Å². The van der Waals surface area contributed by atoms with Gasteiger partial charge in [-0.15, -0.1) is 0 Å². The van der Waals surface area contributed by atoms with E-state index in [1.165, 1.54) is 18.4 Å². The normalized spacial score (nSPS) is 12.8. The zero-order valence-corrected chi connectivity index (χ0v) is 11.2. The first-order valence-corrected chi connectivity index (χ1v) is 6.59. The highest BCUT2D eigenvalue weighted by Gasteiger charge is 2.11. The molecule has 0 aliphatic carbocycles. The van der Waals surface area contributed by atoms with E-state index in [1.807, 2.05) is 12.1 Å². The summed E-state index contributed by atoms with van der Waals surface area (Å²) in [5, 5.41) is 1.27. The van der Waals surface area contributed by atoms with E-state index < -0.39 is 0 Å². The van der Waals surface area contributed by atoms with Crippen LogP contribution in [0.15, 0.2) is 18.2 Å².